The quantitative estimate of drug-likeness (QED) is 0.690. The van der Waals surface area contributed by atoms with E-state index >= 15 is 0 Å². The minimum atomic E-state index is -0.529. The van der Waals surface area contributed by atoms with E-state index in [4.69, 9.17) is 16.3 Å². The van der Waals surface area contributed by atoms with Gasteiger partial charge in [0.1, 0.15) is 12.4 Å². The van der Waals surface area contributed by atoms with E-state index in [0.29, 0.717) is 21.8 Å². The molecule has 0 saturated heterocycles. The second-order valence-corrected chi connectivity index (χ2v) is 8.90. The first-order chi connectivity index (χ1) is 13.0. The van der Waals surface area contributed by atoms with Gasteiger partial charge in [-0.05, 0) is 52.0 Å². The number of hydrogen-bond donors (Lipinski definition) is 2. The molecule has 0 aliphatic rings. The maximum absolute atomic E-state index is 12.2. The summed E-state index contributed by atoms with van der Waals surface area (Å²) in [6.07, 6.45) is 0. The number of carbonyl (C=O) groups is 2. The molecule has 28 heavy (non-hydrogen) atoms. The van der Waals surface area contributed by atoms with Crippen molar-refractivity contribution in [3.05, 3.63) is 35.1 Å². The van der Waals surface area contributed by atoms with Gasteiger partial charge >= 0.3 is 6.03 Å². The van der Waals surface area contributed by atoms with E-state index < -0.39 is 22.7 Å². The van der Waals surface area contributed by atoms with Crippen LogP contribution in [-0.4, -0.2) is 37.5 Å². The lowest BCUT2D eigenvalue weighted by Gasteiger charge is -2.21. The molecular weight excluding hydrogens is 402 g/mol. The highest BCUT2D eigenvalue weighted by molar-refractivity contribution is 8.00. The number of halogens is 1. The van der Waals surface area contributed by atoms with Crippen molar-refractivity contribution < 1.29 is 14.3 Å². The number of amides is 3. The topological polar surface area (TPSA) is 98.1 Å². The molecule has 1 aromatic heterocycles. The fraction of sp³-hybridized carbons (Fsp3) is 0.444. The van der Waals surface area contributed by atoms with E-state index in [1.165, 1.54) is 11.8 Å². The van der Waals surface area contributed by atoms with Crippen LogP contribution in [0.3, 0.4) is 0 Å². The van der Waals surface area contributed by atoms with Crippen molar-refractivity contribution in [1.82, 2.24) is 25.4 Å². The summed E-state index contributed by atoms with van der Waals surface area (Å²) in [7, 11) is 1.79. The SMILES string of the molecule is C[C@@H](Sc1nnc(COc2ccc(Cl)cc2)n1C)C(=O)NC(=O)NC(C)(C)C. The number of imide groups is 1. The van der Waals surface area contributed by atoms with Crippen LogP contribution in [0.2, 0.25) is 5.02 Å². The summed E-state index contributed by atoms with van der Waals surface area (Å²) in [5.74, 6) is 0.864. The Morgan fingerprint density at radius 3 is 2.50 bits per heavy atom. The number of urea groups is 1. The van der Waals surface area contributed by atoms with Crippen molar-refractivity contribution in [2.24, 2.45) is 7.05 Å². The average Bonchev–Trinajstić information content (AvgIpc) is 2.92. The van der Waals surface area contributed by atoms with Crippen molar-refractivity contribution >= 4 is 35.3 Å². The molecule has 0 saturated carbocycles. The smallest absolute Gasteiger partial charge is 0.321 e. The maximum Gasteiger partial charge on any atom is 0.321 e. The molecule has 0 aliphatic carbocycles. The molecule has 0 aliphatic heterocycles. The summed E-state index contributed by atoms with van der Waals surface area (Å²) in [4.78, 5) is 24.0. The minimum Gasteiger partial charge on any atom is -0.486 e. The summed E-state index contributed by atoms with van der Waals surface area (Å²) in [5.41, 5.74) is -0.427. The molecule has 8 nitrogen and oxygen atoms in total. The van der Waals surface area contributed by atoms with Crippen molar-refractivity contribution in [3.8, 4) is 5.75 Å². The molecule has 0 fully saturated rings. The zero-order chi connectivity index (χ0) is 20.9. The van der Waals surface area contributed by atoms with Crippen molar-refractivity contribution in [2.45, 2.75) is 50.2 Å². The van der Waals surface area contributed by atoms with Gasteiger partial charge in [0.25, 0.3) is 0 Å². The zero-order valence-corrected chi connectivity index (χ0v) is 18.0. The number of rotatable bonds is 6. The number of benzene rings is 1. The molecule has 2 N–H and O–H groups in total. The van der Waals surface area contributed by atoms with E-state index in [1.54, 1.807) is 42.8 Å². The Hall–Kier alpha value is -2.26. The maximum atomic E-state index is 12.2. The van der Waals surface area contributed by atoms with Crippen molar-refractivity contribution in [1.29, 1.82) is 0 Å². The first-order valence-electron chi connectivity index (χ1n) is 8.61. The Labute approximate surface area is 173 Å². The van der Waals surface area contributed by atoms with E-state index in [-0.39, 0.29) is 6.61 Å². The van der Waals surface area contributed by atoms with Gasteiger partial charge in [-0.1, -0.05) is 23.4 Å². The van der Waals surface area contributed by atoms with Gasteiger partial charge in [-0.2, -0.15) is 0 Å². The predicted molar refractivity (Wildman–Crippen MR) is 109 cm³/mol. The molecule has 0 unspecified atom stereocenters. The van der Waals surface area contributed by atoms with Gasteiger partial charge in [0, 0.05) is 17.6 Å². The lowest BCUT2D eigenvalue weighted by Crippen LogP contribution is -2.49. The fourth-order valence-corrected chi connectivity index (χ4v) is 3.01. The Kier molecular flexibility index (Phi) is 7.31. The van der Waals surface area contributed by atoms with Crippen LogP contribution in [0, 0.1) is 0 Å². The third kappa shape index (κ3) is 6.72. The lowest BCUT2D eigenvalue weighted by atomic mass is 10.1. The summed E-state index contributed by atoms with van der Waals surface area (Å²) in [6, 6.07) is 6.49. The van der Waals surface area contributed by atoms with E-state index in [1.807, 2.05) is 20.8 Å². The lowest BCUT2D eigenvalue weighted by molar-refractivity contribution is -0.119. The van der Waals surface area contributed by atoms with Crippen LogP contribution in [0.1, 0.15) is 33.5 Å². The Morgan fingerprint density at radius 1 is 1.25 bits per heavy atom. The summed E-state index contributed by atoms with van der Waals surface area (Å²) >= 11 is 7.06. The third-order valence-electron chi connectivity index (χ3n) is 3.48. The first-order valence-corrected chi connectivity index (χ1v) is 9.87. The highest BCUT2D eigenvalue weighted by Crippen LogP contribution is 2.22. The van der Waals surface area contributed by atoms with Crippen LogP contribution in [0.4, 0.5) is 4.79 Å². The molecule has 152 valence electrons. The zero-order valence-electron chi connectivity index (χ0n) is 16.4. The number of ether oxygens (including phenoxy) is 1. The van der Waals surface area contributed by atoms with Crippen LogP contribution < -0.4 is 15.4 Å². The number of nitrogens with one attached hydrogen (secondary N) is 2. The second kappa shape index (κ2) is 9.29. The molecule has 2 rings (SSSR count). The van der Waals surface area contributed by atoms with Crippen molar-refractivity contribution in [3.63, 3.8) is 0 Å². The molecule has 1 atom stereocenters. The minimum absolute atomic E-state index is 0.222. The molecule has 10 heteroatoms. The van der Waals surface area contributed by atoms with Crippen LogP contribution in [0.25, 0.3) is 0 Å². The molecular formula is C18H24ClN5O3S. The van der Waals surface area contributed by atoms with Crippen LogP contribution in [0.5, 0.6) is 5.75 Å². The normalized spacial score (nSPS) is 12.4. The van der Waals surface area contributed by atoms with Gasteiger partial charge in [-0.25, -0.2) is 4.79 Å². The highest BCUT2D eigenvalue weighted by Gasteiger charge is 2.22. The molecule has 0 spiro atoms. The monoisotopic (exact) mass is 425 g/mol. The second-order valence-electron chi connectivity index (χ2n) is 7.15. The van der Waals surface area contributed by atoms with Crippen molar-refractivity contribution in [2.75, 3.05) is 0 Å². The summed E-state index contributed by atoms with van der Waals surface area (Å²) < 4.78 is 7.42. The van der Waals surface area contributed by atoms with Crippen LogP contribution in [-0.2, 0) is 18.4 Å². The fourth-order valence-electron chi connectivity index (χ4n) is 2.05. The standard InChI is InChI=1S/C18H24ClN5O3S/c1-11(15(25)20-16(26)21-18(2,3)4)28-17-23-22-14(24(17)5)10-27-13-8-6-12(19)7-9-13/h6-9,11H,10H2,1-5H3,(H2,20,21,25,26)/t11-/m1/s1. The van der Waals surface area contributed by atoms with Gasteiger partial charge in [0.15, 0.2) is 11.0 Å². The molecule has 1 heterocycles. The molecule has 0 radical (unpaired) electrons. The van der Waals surface area contributed by atoms with Gasteiger partial charge in [-0.15, -0.1) is 10.2 Å². The number of thioether (sulfide) groups is 1. The number of carbonyl (C=O) groups excluding carboxylic acids is 2. The van der Waals surface area contributed by atoms with Crippen LogP contribution in [0.15, 0.2) is 29.4 Å². The van der Waals surface area contributed by atoms with E-state index in [2.05, 4.69) is 20.8 Å². The Balaban J connectivity index is 1.91. The average molecular weight is 426 g/mol. The summed E-state index contributed by atoms with van der Waals surface area (Å²) in [6.45, 7) is 7.43. The Morgan fingerprint density at radius 2 is 1.89 bits per heavy atom. The number of aromatic nitrogens is 3. The van der Waals surface area contributed by atoms with Crippen LogP contribution >= 0.6 is 23.4 Å². The highest BCUT2D eigenvalue weighted by atomic mass is 35.5. The molecule has 2 aromatic rings. The van der Waals surface area contributed by atoms with E-state index in [9.17, 15) is 9.59 Å². The number of nitrogens with zero attached hydrogens (tertiary/aromatic N) is 3. The first kappa shape index (κ1) is 22.0. The molecule has 0 bridgehead atoms. The predicted octanol–water partition coefficient (Wildman–Crippen LogP) is 3.15. The Bertz CT molecular complexity index is 833. The number of hydrogen-bond acceptors (Lipinski definition) is 6. The van der Waals surface area contributed by atoms with E-state index in [0.717, 1.165) is 0 Å². The largest absolute Gasteiger partial charge is 0.486 e. The third-order valence-corrected chi connectivity index (χ3v) is 4.87. The van der Waals surface area contributed by atoms with Gasteiger partial charge in [0.05, 0.1) is 5.25 Å². The van der Waals surface area contributed by atoms with Gasteiger partial charge in [-0.3, -0.25) is 10.1 Å². The van der Waals surface area contributed by atoms with Gasteiger partial charge in [0.2, 0.25) is 5.91 Å². The molecule has 1 aromatic carbocycles. The summed E-state index contributed by atoms with van der Waals surface area (Å²) in [5, 5.41) is 13.9. The van der Waals surface area contributed by atoms with Gasteiger partial charge < -0.3 is 14.6 Å². The molecule has 3 amide bonds.